The summed E-state index contributed by atoms with van der Waals surface area (Å²) in [5, 5.41) is 7.11. The number of rotatable bonds is 5. The molecule has 0 aromatic carbocycles. The van der Waals surface area contributed by atoms with Crippen molar-refractivity contribution in [2.75, 3.05) is 11.9 Å². The van der Waals surface area contributed by atoms with Crippen LogP contribution in [0.2, 0.25) is 0 Å². The highest BCUT2D eigenvalue weighted by molar-refractivity contribution is 7.09. The van der Waals surface area contributed by atoms with Crippen molar-refractivity contribution in [2.45, 2.75) is 25.8 Å². The molecule has 1 aliphatic carbocycles. The Morgan fingerprint density at radius 1 is 1.55 bits per heavy atom. The Morgan fingerprint density at radius 2 is 2.40 bits per heavy atom. The predicted octanol–water partition coefficient (Wildman–Crippen LogP) is 2.06. The maximum absolute atomic E-state index is 11.8. The van der Waals surface area contributed by atoms with Gasteiger partial charge in [0.25, 0.3) is 5.91 Å². The fraction of sp³-hybridized carbons (Fsp3) is 0.462. The fourth-order valence-electron chi connectivity index (χ4n) is 2.29. The molecule has 2 N–H and O–H groups in total. The summed E-state index contributed by atoms with van der Waals surface area (Å²) in [5.41, 5.74) is 0. The molecule has 1 saturated carbocycles. The molecule has 0 saturated heterocycles. The number of amides is 1. The van der Waals surface area contributed by atoms with Crippen LogP contribution in [0.5, 0.6) is 0 Å². The van der Waals surface area contributed by atoms with Crippen molar-refractivity contribution in [3.05, 3.63) is 30.0 Å². The van der Waals surface area contributed by atoms with E-state index in [1.807, 2.05) is 6.92 Å². The molecule has 2 aromatic heterocycles. The van der Waals surface area contributed by atoms with E-state index in [1.54, 1.807) is 12.1 Å². The third-order valence-electron chi connectivity index (χ3n) is 3.39. The van der Waals surface area contributed by atoms with Crippen LogP contribution >= 0.6 is 11.5 Å². The molecule has 1 aliphatic rings. The summed E-state index contributed by atoms with van der Waals surface area (Å²) in [6.45, 7) is 2.76. The number of nitrogens with one attached hydrogen (secondary N) is 2. The molecule has 2 heterocycles. The van der Waals surface area contributed by atoms with Crippen molar-refractivity contribution in [2.24, 2.45) is 5.92 Å². The van der Waals surface area contributed by atoms with Crippen molar-refractivity contribution in [3.8, 4) is 0 Å². The lowest BCUT2D eigenvalue weighted by Gasteiger charge is -2.35. The number of anilines is 1. The van der Waals surface area contributed by atoms with Gasteiger partial charge in [-0.1, -0.05) is 0 Å². The zero-order valence-electron chi connectivity index (χ0n) is 11.1. The topological polar surface area (TPSA) is 80.0 Å². The van der Waals surface area contributed by atoms with Crippen LogP contribution in [-0.2, 0) is 0 Å². The van der Waals surface area contributed by atoms with E-state index in [2.05, 4.69) is 20.0 Å². The quantitative estimate of drug-likeness (QED) is 0.881. The SMILES string of the molecule is Cc1nsc(NCC2CC(NC(=O)c3ccco3)C2)n1. The Balaban J connectivity index is 1.37. The number of carbonyl (C=O) groups is 1. The Kier molecular flexibility index (Phi) is 3.68. The van der Waals surface area contributed by atoms with Crippen LogP contribution in [0.25, 0.3) is 0 Å². The maximum Gasteiger partial charge on any atom is 0.287 e. The number of aromatic nitrogens is 2. The first-order valence-electron chi connectivity index (χ1n) is 6.59. The molecule has 20 heavy (non-hydrogen) atoms. The van der Waals surface area contributed by atoms with Crippen LogP contribution in [0, 0.1) is 12.8 Å². The van der Waals surface area contributed by atoms with Gasteiger partial charge in [-0.15, -0.1) is 0 Å². The van der Waals surface area contributed by atoms with Crippen LogP contribution < -0.4 is 10.6 Å². The number of hydrogen-bond acceptors (Lipinski definition) is 6. The average molecular weight is 292 g/mol. The molecular formula is C13H16N4O2S. The molecule has 3 rings (SSSR count). The van der Waals surface area contributed by atoms with Gasteiger partial charge in [0.1, 0.15) is 5.82 Å². The molecule has 7 heteroatoms. The largest absolute Gasteiger partial charge is 0.459 e. The zero-order chi connectivity index (χ0) is 13.9. The number of aryl methyl sites for hydroxylation is 1. The summed E-state index contributed by atoms with van der Waals surface area (Å²) in [7, 11) is 0. The Morgan fingerprint density at radius 3 is 3.05 bits per heavy atom. The van der Waals surface area contributed by atoms with Crippen LogP contribution in [-0.4, -0.2) is 27.9 Å². The van der Waals surface area contributed by atoms with Gasteiger partial charge in [0.2, 0.25) is 5.13 Å². The lowest BCUT2D eigenvalue weighted by atomic mass is 9.80. The van der Waals surface area contributed by atoms with Crippen molar-refractivity contribution >= 4 is 22.6 Å². The van der Waals surface area contributed by atoms with Crippen LogP contribution in [0.4, 0.5) is 5.13 Å². The van der Waals surface area contributed by atoms with E-state index < -0.39 is 0 Å². The summed E-state index contributed by atoms with van der Waals surface area (Å²) in [5.74, 6) is 1.61. The third-order valence-corrected chi connectivity index (χ3v) is 4.15. The van der Waals surface area contributed by atoms with E-state index in [9.17, 15) is 4.79 Å². The van der Waals surface area contributed by atoms with E-state index >= 15 is 0 Å². The molecule has 0 atom stereocenters. The van der Waals surface area contributed by atoms with Gasteiger partial charge in [-0.2, -0.15) is 4.37 Å². The van der Waals surface area contributed by atoms with Crippen molar-refractivity contribution < 1.29 is 9.21 Å². The van der Waals surface area contributed by atoms with E-state index in [0.29, 0.717) is 11.7 Å². The Bertz CT molecular complexity index is 575. The van der Waals surface area contributed by atoms with Crippen LogP contribution in [0.1, 0.15) is 29.2 Å². The van der Waals surface area contributed by atoms with Gasteiger partial charge in [0, 0.05) is 24.1 Å². The molecule has 2 aromatic rings. The van der Waals surface area contributed by atoms with Gasteiger partial charge in [-0.05, 0) is 37.8 Å². The monoisotopic (exact) mass is 292 g/mol. The van der Waals surface area contributed by atoms with Crippen molar-refractivity contribution in [1.82, 2.24) is 14.7 Å². The van der Waals surface area contributed by atoms with Crippen LogP contribution in [0.3, 0.4) is 0 Å². The summed E-state index contributed by atoms with van der Waals surface area (Å²) in [6.07, 6.45) is 3.47. The van der Waals surface area contributed by atoms with Gasteiger partial charge in [0.15, 0.2) is 5.76 Å². The molecule has 1 fully saturated rings. The predicted molar refractivity (Wildman–Crippen MR) is 75.8 cm³/mol. The van der Waals surface area contributed by atoms with Gasteiger partial charge in [-0.3, -0.25) is 4.79 Å². The highest BCUT2D eigenvalue weighted by Crippen LogP contribution is 2.28. The minimum absolute atomic E-state index is 0.133. The third kappa shape index (κ3) is 2.98. The molecule has 0 spiro atoms. The second-order valence-corrected chi connectivity index (χ2v) is 5.76. The smallest absolute Gasteiger partial charge is 0.287 e. The fourth-order valence-corrected chi connectivity index (χ4v) is 2.87. The summed E-state index contributed by atoms with van der Waals surface area (Å²) >= 11 is 1.38. The van der Waals surface area contributed by atoms with Gasteiger partial charge < -0.3 is 15.1 Å². The Labute approximate surface area is 120 Å². The number of carbonyl (C=O) groups excluding carboxylic acids is 1. The van der Waals surface area contributed by atoms with Crippen LogP contribution in [0.15, 0.2) is 22.8 Å². The number of hydrogen-bond donors (Lipinski definition) is 2. The number of furan rings is 1. The molecule has 0 unspecified atom stereocenters. The van der Waals surface area contributed by atoms with Gasteiger partial charge >= 0.3 is 0 Å². The molecular weight excluding hydrogens is 276 g/mol. The second kappa shape index (κ2) is 5.62. The minimum atomic E-state index is -0.133. The maximum atomic E-state index is 11.8. The molecule has 0 bridgehead atoms. The van der Waals surface area contributed by atoms with Gasteiger partial charge in [-0.25, -0.2) is 4.98 Å². The second-order valence-electron chi connectivity index (χ2n) is 5.01. The van der Waals surface area contributed by atoms with E-state index in [4.69, 9.17) is 4.42 Å². The molecule has 106 valence electrons. The normalized spacial score (nSPS) is 21.2. The summed E-state index contributed by atoms with van der Waals surface area (Å²) < 4.78 is 9.18. The molecule has 6 nitrogen and oxygen atoms in total. The molecule has 0 radical (unpaired) electrons. The zero-order valence-corrected chi connectivity index (χ0v) is 11.9. The lowest BCUT2D eigenvalue weighted by molar-refractivity contribution is 0.0865. The van der Waals surface area contributed by atoms with E-state index in [1.165, 1.54) is 17.8 Å². The first-order chi connectivity index (χ1) is 9.70. The highest BCUT2D eigenvalue weighted by Gasteiger charge is 2.30. The number of nitrogens with zero attached hydrogens (tertiary/aromatic N) is 2. The highest BCUT2D eigenvalue weighted by atomic mass is 32.1. The first-order valence-corrected chi connectivity index (χ1v) is 7.36. The van der Waals surface area contributed by atoms with Gasteiger partial charge in [0.05, 0.1) is 6.26 Å². The van der Waals surface area contributed by atoms with E-state index in [-0.39, 0.29) is 11.9 Å². The van der Waals surface area contributed by atoms with Crippen molar-refractivity contribution in [1.29, 1.82) is 0 Å². The Hall–Kier alpha value is -1.89. The first kappa shape index (κ1) is 13.1. The minimum Gasteiger partial charge on any atom is -0.459 e. The lowest BCUT2D eigenvalue weighted by Crippen LogP contribution is -2.46. The summed E-state index contributed by atoms with van der Waals surface area (Å²) in [4.78, 5) is 16.0. The summed E-state index contributed by atoms with van der Waals surface area (Å²) in [6, 6.07) is 3.63. The average Bonchev–Trinajstić information content (AvgIpc) is 3.02. The van der Waals surface area contributed by atoms with Crippen molar-refractivity contribution in [3.63, 3.8) is 0 Å². The molecule has 1 amide bonds. The van der Waals surface area contributed by atoms with E-state index in [0.717, 1.165) is 30.3 Å². The molecule has 0 aliphatic heterocycles. The standard InChI is InChI=1S/C13H16N4O2S/c1-8-15-13(20-17-8)14-7-9-5-10(6-9)16-12(18)11-3-2-4-19-11/h2-4,9-10H,5-7H2,1H3,(H,16,18)(H,14,15,17).